The maximum Gasteiger partial charge on any atom is 0.195 e. The van der Waals surface area contributed by atoms with Gasteiger partial charge in [0, 0.05) is 13.5 Å². The highest BCUT2D eigenvalue weighted by Gasteiger charge is 2.52. The Kier molecular flexibility index (Phi) is 5.30. The lowest BCUT2D eigenvalue weighted by molar-refractivity contribution is -0.354. The summed E-state index contributed by atoms with van der Waals surface area (Å²) < 4.78 is 10.2. The van der Waals surface area contributed by atoms with Crippen LogP contribution in [0.2, 0.25) is 0 Å². The number of hydrogen-bond acceptors (Lipinski definition) is 6. The van der Waals surface area contributed by atoms with Gasteiger partial charge in [-0.05, 0) is 6.42 Å². The fraction of sp³-hybridized carbons (Fsp3) is 1.00. The van der Waals surface area contributed by atoms with E-state index in [4.69, 9.17) is 14.6 Å². The topological polar surface area (TPSA) is 99.4 Å². The van der Waals surface area contributed by atoms with Crippen molar-refractivity contribution in [3.8, 4) is 0 Å². The molecular formula is C11H22O6. The Balaban J connectivity index is 2.83. The molecule has 0 aromatic rings. The summed E-state index contributed by atoms with van der Waals surface area (Å²) >= 11 is 0. The highest BCUT2D eigenvalue weighted by molar-refractivity contribution is 4.96. The SMILES string of the molecule is CCCC[C@@]1(O)O[C@H](CO)[C@@H](O)[C@H](OC)[C@H]1O. The molecule has 1 aliphatic heterocycles. The molecule has 1 rings (SSSR count). The second-order valence-electron chi connectivity index (χ2n) is 4.42. The molecule has 6 heteroatoms. The van der Waals surface area contributed by atoms with E-state index in [9.17, 15) is 15.3 Å². The quantitative estimate of drug-likeness (QED) is 0.499. The van der Waals surface area contributed by atoms with Gasteiger partial charge in [0.1, 0.15) is 24.4 Å². The number of aliphatic hydroxyl groups excluding tert-OH is 3. The lowest BCUT2D eigenvalue weighted by Gasteiger charge is -2.46. The van der Waals surface area contributed by atoms with E-state index < -0.39 is 36.8 Å². The second-order valence-corrected chi connectivity index (χ2v) is 4.42. The summed E-state index contributed by atoms with van der Waals surface area (Å²) in [5.41, 5.74) is 0. The van der Waals surface area contributed by atoms with Crippen molar-refractivity contribution in [2.45, 2.75) is 56.4 Å². The van der Waals surface area contributed by atoms with Crippen LogP contribution in [0, 0.1) is 0 Å². The predicted molar refractivity (Wildman–Crippen MR) is 59.2 cm³/mol. The molecule has 5 atom stereocenters. The molecule has 0 radical (unpaired) electrons. The Labute approximate surface area is 101 Å². The molecule has 0 amide bonds. The largest absolute Gasteiger partial charge is 0.394 e. The van der Waals surface area contributed by atoms with Crippen molar-refractivity contribution >= 4 is 0 Å². The van der Waals surface area contributed by atoms with Crippen LogP contribution in [-0.4, -0.2) is 64.3 Å². The number of rotatable bonds is 5. The van der Waals surface area contributed by atoms with Crippen molar-refractivity contribution in [3.05, 3.63) is 0 Å². The van der Waals surface area contributed by atoms with Crippen molar-refractivity contribution in [2.24, 2.45) is 0 Å². The summed E-state index contributed by atoms with van der Waals surface area (Å²) in [6.07, 6.45) is -2.69. The normalized spacial score (nSPS) is 42.7. The summed E-state index contributed by atoms with van der Waals surface area (Å²) in [6, 6.07) is 0. The molecule has 17 heavy (non-hydrogen) atoms. The zero-order chi connectivity index (χ0) is 13.1. The average Bonchev–Trinajstić information content (AvgIpc) is 2.32. The van der Waals surface area contributed by atoms with Crippen LogP contribution in [0.1, 0.15) is 26.2 Å². The van der Waals surface area contributed by atoms with Crippen molar-refractivity contribution in [1.29, 1.82) is 0 Å². The highest BCUT2D eigenvalue weighted by Crippen LogP contribution is 2.33. The zero-order valence-corrected chi connectivity index (χ0v) is 10.2. The van der Waals surface area contributed by atoms with Crippen molar-refractivity contribution in [1.82, 2.24) is 0 Å². The lowest BCUT2D eigenvalue weighted by atomic mass is 9.89. The first-order valence-corrected chi connectivity index (χ1v) is 5.90. The van der Waals surface area contributed by atoms with Gasteiger partial charge in [0.05, 0.1) is 6.61 Å². The summed E-state index contributed by atoms with van der Waals surface area (Å²) in [4.78, 5) is 0. The number of methoxy groups -OCH3 is 1. The molecule has 1 fully saturated rings. The van der Waals surface area contributed by atoms with Gasteiger partial charge in [-0.3, -0.25) is 0 Å². The zero-order valence-electron chi connectivity index (χ0n) is 10.2. The molecule has 1 saturated heterocycles. The van der Waals surface area contributed by atoms with E-state index in [0.29, 0.717) is 6.42 Å². The Bertz CT molecular complexity index is 236. The Morgan fingerprint density at radius 2 is 2.00 bits per heavy atom. The lowest BCUT2D eigenvalue weighted by Crippen LogP contribution is -2.65. The van der Waals surface area contributed by atoms with E-state index in [1.807, 2.05) is 6.92 Å². The van der Waals surface area contributed by atoms with E-state index in [1.165, 1.54) is 7.11 Å². The average molecular weight is 250 g/mol. The van der Waals surface area contributed by atoms with Gasteiger partial charge < -0.3 is 29.9 Å². The first kappa shape index (κ1) is 14.8. The van der Waals surface area contributed by atoms with Crippen LogP contribution < -0.4 is 0 Å². The molecule has 1 aliphatic rings. The van der Waals surface area contributed by atoms with Crippen molar-refractivity contribution in [3.63, 3.8) is 0 Å². The van der Waals surface area contributed by atoms with Crippen LogP contribution in [0.25, 0.3) is 0 Å². The third-order valence-electron chi connectivity index (χ3n) is 3.19. The monoisotopic (exact) mass is 250 g/mol. The maximum absolute atomic E-state index is 10.2. The van der Waals surface area contributed by atoms with Gasteiger partial charge in [-0.15, -0.1) is 0 Å². The van der Waals surface area contributed by atoms with Gasteiger partial charge in [-0.2, -0.15) is 0 Å². The number of hydrogen-bond donors (Lipinski definition) is 4. The van der Waals surface area contributed by atoms with E-state index in [-0.39, 0.29) is 6.42 Å². The Morgan fingerprint density at radius 3 is 2.47 bits per heavy atom. The van der Waals surface area contributed by atoms with Gasteiger partial charge >= 0.3 is 0 Å². The summed E-state index contributed by atoms with van der Waals surface area (Å²) in [5.74, 6) is -1.77. The van der Waals surface area contributed by atoms with Crippen LogP contribution >= 0.6 is 0 Å². The van der Waals surface area contributed by atoms with Crippen LogP contribution in [0.15, 0.2) is 0 Å². The van der Waals surface area contributed by atoms with Crippen LogP contribution in [0.5, 0.6) is 0 Å². The van der Waals surface area contributed by atoms with Crippen molar-refractivity contribution in [2.75, 3.05) is 13.7 Å². The van der Waals surface area contributed by atoms with Gasteiger partial charge in [0.15, 0.2) is 5.79 Å². The standard InChI is InChI=1S/C11H22O6/c1-3-4-5-11(15)10(14)9(16-2)8(13)7(6-12)17-11/h7-10,12-15H,3-6H2,1-2H3/t7-,8-,9+,10-,11-/m1/s1. The fourth-order valence-electron chi connectivity index (χ4n) is 2.11. The summed E-state index contributed by atoms with van der Waals surface area (Å²) in [7, 11) is 1.33. The second kappa shape index (κ2) is 6.08. The maximum atomic E-state index is 10.2. The minimum atomic E-state index is -1.77. The Hall–Kier alpha value is -0.240. The first-order valence-electron chi connectivity index (χ1n) is 5.90. The van der Waals surface area contributed by atoms with Crippen LogP contribution in [0.4, 0.5) is 0 Å². The Morgan fingerprint density at radius 1 is 1.35 bits per heavy atom. The minimum Gasteiger partial charge on any atom is -0.394 e. The molecule has 0 saturated carbocycles. The molecule has 6 nitrogen and oxygen atoms in total. The smallest absolute Gasteiger partial charge is 0.195 e. The van der Waals surface area contributed by atoms with E-state index in [2.05, 4.69) is 0 Å². The summed E-state index contributed by atoms with van der Waals surface area (Å²) in [5, 5.41) is 39.0. The molecule has 0 aromatic heterocycles. The molecule has 4 N–H and O–H groups in total. The van der Waals surface area contributed by atoms with Crippen LogP contribution in [-0.2, 0) is 9.47 Å². The van der Waals surface area contributed by atoms with Gasteiger partial charge in [-0.25, -0.2) is 0 Å². The molecular weight excluding hydrogens is 228 g/mol. The molecule has 0 bridgehead atoms. The van der Waals surface area contributed by atoms with E-state index in [1.54, 1.807) is 0 Å². The van der Waals surface area contributed by atoms with Gasteiger partial charge in [-0.1, -0.05) is 13.3 Å². The molecule has 102 valence electrons. The molecule has 0 aromatic carbocycles. The van der Waals surface area contributed by atoms with Crippen LogP contribution in [0.3, 0.4) is 0 Å². The van der Waals surface area contributed by atoms with E-state index >= 15 is 0 Å². The molecule has 0 aliphatic carbocycles. The fourth-order valence-corrected chi connectivity index (χ4v) is 2.11. The summed E-state index contributed by atoms with van der Waals surface area (Å²) in [6.45, 7) is 1.51. The van der Waals surface area contributed by atoms with E-state index in [0.717, 1.165) is 6.42 Å². The van der Waals surface area contributed by atoms with Crippen molar-refractivity contribution < 1.29 is 29.9 Å². The third-order valence-corrected chi connectivity index (χ3v) is 3.19. The molecule has 0 spiro atoms. The predicted octanol–water partition coefficient (Wildman–Crippen LogP) is -1.01. The van der Waals surface area contributed by atoms with Gasteiger partial charge in [0.25, 0.3) is 0 Å². The molecule has 1 heterocycles. The number of unbranched alkanes of at least 4 members (excludes halogenated alkanes) is 1. The molecule has 0 unspecified atom stereocenters. The van der Waals surface area contributed by atoms with Gasteiger partial charge in [0.2, 0.25) is 0 Å². The minimum absolute atomic E-state index is 0.230. The number of aliphatic hydroxyl groups is 4. The highest BCUT2D eigenvalue weighted by atomic mass is 16.7. The number of ether oxygens (including phenoxy) is 2. The first-order chi connectivity index (χ1) is 8.00. The third kappa shape index (κ3) is 2.96.